The number of rotatable bonds is 5. The lowest BCUT2D eigenvalue weighted by Crippen LogP contribution is -3.13. The summed E-state index contributed by atoms with van der Waals surface area (Å²) in [6.45, 7) is 5.34. The number of hydrogen-bond donors (Lipinski definition) is 1. The number of piperazine rings is 1. The van der Waals surface area contributed by atoms with Crippen molar-refractivity contribution in [2.24, 2.45) is 5.10 Å². The fourth-order valence-electron chi connectivity index (χ4n) is 2.90. The van der Waals surface area contributed by atoms with E-state index in [1.165, 1.54) is 5.56 Å². The zero-order valence-corrected chi connectivity index (χ0v) is 13.6. The van der Waals surface area contributed by atoms with Gasteiger partial charge in [-0.3, -0.25) is 5.01 Å². The number of hydrogen-bond acceptors (Lipinski definition) is 3. The highest BCUT2D eigenvalue weighted by atomic mass is 16.5. The summed E-state index contributed by atoms with van der Waals surface area (Å²) >= 11 is 0. The maximum atomic E-state index is 5.35. The van der Waals surface area contributed by atoms with E-state index in [-0.39, 0.29) is 0 Å². The molecule has 1 N–H and O–H groups in total. The zero-order chi connectivity index (χ0) is 15.9. The Bertz CT molecular complexity index is 634. The van der Waals surface area contributed by atoms with E-state index in [1.807, 2.05) is 30.5 Å². The second-order valence-electron chi connectivity index (χ2n) is 5.85. The Morgan fingerprint density at radius 1 is 1.04 bits per heavy atom. The summed E-state index contributed by atoms with van der Waals surface area (Å²) < 4.78 is 5.35. The van der Waals surface area contributed by atoms with Crippen molar-refractivity contribution in [1.29, 1.82) is 0 Å². The van der Waals surface area contributed by atoms with Crippen molar-refractivity contribution in [3.05, 3.63) is 65.7 Å². The lowest BCUT2D eigenvalue weighted by atomic mass is 10.2. The predicted molar refractivity (Wildman–Crippen MR) is 93.0 cm³/mol. The molecular formula is C19H24N3O+. The van der Waals surface area contributed by atoms with E-state index < -0.39 is 0 Å². The van der Waals surface area contributed by atoms with Gasteiger partial charge < -0.3 is 9.64 Å². The van der Waals surface area contributed by atoms with E-state index in [4.69, 9.17) is 4.74 Å². The lowest BCUT2D eigenvalue weighted by Gasteiger charge is -2.30. The van der Waals surface area contributed by atoms with Gasteiger partial charge in [0.1, 0.15) is 12.3 Å². The van der Waals surface area contributed by atoms with Gasteiger partial charge in [-0.05, 0) is 12.1 Å². The smallest absolute Gasteiger partial charge is 0.127 e. The number of methoxy groups -OCH3 is 1. The van der Waals surface area contributed by atoms with E-state index in [1.54, 1.807) is 12.0 Å². The molecule has 4 heteroatoms. The average Bonchev–Trinajstić information content (AvgIpc) is 2.62. The van der Waals surface area contributed by atoms with Crippen LogP contribution in [0.2, 0.25) is 0 Å². The van der Waals surface area contributed by atoms with Crippen LogP contribution in [0.3, 0.4) is 0 Å². The summed E-state index contributed by atoms with van der Waals surface area (Å²) in [6, 6.07) is 18.7. The van der Waals surface area contributed by atoms with E-state index in [0.29, 0.717) is 0 Å². The molecule has 0 bridgehead atoms. The first-order valence-corrected chi connectivity index (χ1v) is 8.14. The van der Waals surface area contributed by atoms with Gasteiger partial charge in [-0.15, -0.1) is 0 Å². The largest absolute Gasteiger partial charge is 0.496 e. The molecule has 4 nitrogen and oxygen atoms in total. The molecule has 0 aromatic heterocycles. The molecule has 0 amide bonds. The molecule has 0 aliphatic carbocycles. The molecule has 0 unspecified atom stereocenters. The maximum absolute atomic E-state index is 5.35. The Kier molecular flexibility index (Phi) is 5.27. The quantitative estimate of drug-likeness (QED) is 0.847. The first-order valence-electron chi connectivity index (χ1n) is 8.14. The van der Waals surface area contributed by atoms with Gasteiger partial charge in [0.25, 0.3) is 0 Å². The minimum absolute atomic E-state index is 0.865. The second kappa shape index (κ2) is 7.79. The Balaban J connectivity index is 1.52. The number of hydrazone groups is 1. The van der Waals surface area contributed by atoms with Crippen LogP contribution < -0.4 is 9.64 Å². The van der Waals surface area contributed by atoms with Gasteiger partial charge in [0.05, 0.1) is 39.5 Å². The van der Waals surface area contributed by atoms with Gasteiger partial charge in [-0.2, -0.15) is 5.10 Å². The topological polar surface area (TPSA) is 29.3 Å². The van der Waals surface area contributed by atoms with Crippen molar-refractivity contribution >= 4 is 6.21 Å². The highest BCUT2D eigenvalue weighted by Gasteiger charge is 2.18. The van der Waals surface area contributed by atoms with Crippen LogP contribution in [0.15, 0.2) is 59.7 Å². The van der Waals surface area contributed by atoms with Crippen molar-refractivity contribution in [3.8, 4) is 5.75 Å². The monoisotopic (exact) mass is 310 g/mol. The van der Waals surface area contributed by atoms with Crippen LogP contribution in [0, 0.1) is 0 Å². The van der Waals surface area contributed by atoms with Gasteiger partial charge in [0.2, 0.25) is 0 Å². The molecule has 1 saturated heterocycles. The molecule has 2 aromatic rings. The molecule has 3 rings (SSSR count). The van der Waals surface area contributed by atoms with Crippen LogP contribution in [0.4, 0.5) is 0 Å². The summed E-state index contributed by atoms with van der Waals surface area (Å²) in [7, 11) is 1.69. The Morgan fingerprint density at radius 3 is 2.48 bits per heavy atom. The van der Waals surface area contributed by atoms with Crippen LogP contribution in [0.5, 0.6) is 5.75 Å². The Hall–Kier alpha value is -2.33. The van der Waals surface area contributed by atoms with E-state index in [0.717, 1.165) is 44.0 Å². The molecule has 0 saturated carbocycles. The van der Waals surface area contributed by atoms with Crippen LogP contribution in [0.1, 0.15) is 11.1 Å². The number of quaternary nitrogens is 1. The molecule has 0 atom stereocenters. The number of nitrogens with one attached hydrogen (secondary N) is 1. The summed E-state index contributed by atoms with van der Waals surface area (Å²) in [5.74, 6) is 0.865. The molecule has 2 aromatic carbocycles. The Labute approximate surface area is 138 Å². The molecule has 1 aliphatic heterocycles. The van der Waals surface area contributed by atoms with Crippen molar-refractivity contribution in [2.45, 2.75) is 6.54 Å². The number of nitrogens with zero attached hydrogens (tertiary/aromatic N) is 2. The maximum Gasteiger partial charge on any atom is 0.127 e. The standard InChI is InChI=1S/C19H23N3O/c1-23-19-10-6-5-9-18(19)15-20-22-13-11-21(12-14-22)16-17-7-3-2-4-8-17/h2-10,15H,11-14,16H2,1H3/p+1/b20-15-. The normalized spacial score (nSPS) is 16.0. The van der Waals surface area contributed by atoms with E-state index in [2.05, 4.69) is 40.4 Å². The lowest BCUT2D eigenvalue weighted by molar-refractivity contribution is -0.918. The number of para-hydroxylation sites is 1. The fraction of sp³-hybridized carbons (Fsp3) is 0.316. The molecule has 1 fully saturated rings. The zero-order valence-electron chi connectivity index (χ0n) is 13.6. The summed E-state index contributed by atoms with van der Waals surface area (Å²) in [5, 5.41) is 6.77. The van der Waals surface area contributed by atoms with Crippen molar-refractivity contribution in [2.75, 3.05) is 33.3 Å². The highest BCUT2D eigenvalue weighted by Crippen LogP contribution is 2.14. The summed E-state index contributed by atoms with van der Waals surface area (Å²) in [4.78, 5) is 1.62. The minimum Gasteiger partial charge on any atom is -0.496 e. The number of benzene rings is 2. The molecule has 23 heavy (non-hydrogen) atoms. The minimum atomic E-state index is 0.865. The fourth-order valence-corrected chi connectivity index (χ4v) is 2.90. The summed E-state index contributed by atoms with van der Waals surface area (Å²) in [5.41, 5.74) is 2.43. The predicted octanol–water partition coefficient (Wildman–Crippen LogP) is 1.43. The third-order valence-corrected chi connectivity index (χ3v) is 4.24. The Morgan fingerprint density at radius 2 is 1.74 bits per heavy atom. The second-order valence-corrected chi connectivity index (χ2v) is 5.85. The van der Waals surface area contributed by atoms with E-state index >= 15 is 0 Å². The molecule has 1 aliphatic rings. The van der Waals surface area contributed by atoms with Crippen LogP contribution >= 0.6 is 0 Å². The van der Waals surface area contributed by atoms with Gasteiger partial charge >= 0.3 is 0 Å². The average molecular weight is 310 g/mol. The van der Waals surface area contributed by atoms with Gasteiger partial charge in [-0.25, -0.2) is 0 Å². The molecule has 0 radical (unpaired) electrons. The third kappa shape index (κ3) is 4.33. The molecule has 0 spiro atoms. The van der Waals surface area contributed by atoms with Crippen molar-refractivity contribution in [3.63, 3.8) is 0 Å². The van der Waals surface area contributed by atoms with Crippen LogP contribution in [-0.4, -0.2) is 44.5 Å². The number of ether oxygens (including phenoxy) is 1. The SMILES string of the molecule is COc1ccccc1/C=N\N1CC[NH+](Cc2ccccc2)CC1. The van der Waals surface area contributed by atoms with Crippen LogP contribution in [0.25, 0.3) is 0 Å². The van der Waals surface area contributed by atoms with Crippen molar-refractivity contribution < 1.29 is 9.64 Å². The van der Waals surface area contributed by atoms with Gasteiger partial charge in [-0.1, -0.05) is 42.5 Å². The van der Waals surface area contributed by atoms with E-state index in [9.17, 15) is 0 Å². The highest BCUT2D eigenvalue weighted by molar-refractivity contribution is 5.83. The third-order valence-electron chi connectivity index (χ3n) is 4.24. The first-order chi connectivity index (χ1) is 11.3. The molecule has 1 heterocycles. The molecule has 120 valence electrons. The molecular weight excluding hydrogens is 286 g/mol. The van der Waals surface area contributed by atoms with Crippen molar-refractivity contribution in [1.82, 2.24) is 5.01 Å². The summed E-state index contributed by atoms with van der Waals surface area (Å²) in [6.07, 6.45) is 1.90. The van der Waals surface area contributed by atoms with Gasteiger partial charge in [0, 0.05) is 11.1 Å². The first kappa shape index (κ1) is 15.6. The van der Waals surface area contributed by atoms with Crippen LogP contribution in [-0.2, 0) is 6.54 Å². The van der Waals surface area contributed by atoms with Gasteiger partial charge in [0.15, 0.2) is 0 Å².